The molecule has 1 aliphatic rings. The lowest BCUT2D eigenvalue weighted by Gasteiger charge is -2.33. The second kappa shape index (κ2) is 7.94. The molecule has 2 rings (SSSR count). The van der Waals surface area contributed by atoms with Gasteiger partial charge in [-0.2, -0.15) is 0 Å². The van der Waals surface area contributed by atoms with Crippen LogP contribution in [-0.2, 0) is 4.79 Å². The normalized spacial score (nSPS) is 17.8. The summed E-state index contributed by atoms with van der Waals surface area (Å²) in [5, 5.41) is 13.9. The molecule has 0 aromatic heterocycles. The van der Waals surface area contributed by atoms with Gasteiger partial charge in [-0.05, 0) is 38.3 Å². The van der Waals surface area contributed by atoms with Gasteiger partial charge in [-0.3, -0.25) is 14.9 Å². The molecule has 126 valence electrons. The molecule has 1 N–H and O–H groups in total. The Kier molecular flexibility index (Phi) is 5.96. The molecule has 1 heterocycles. The predicted octanol–water partition coefficient (Wildman–Crippen LogP) is 3.04. The van der Waals surface area contributed by atoms with Crippen molar-refractivity contribution in [3.63, 3.8) is 0 Å². The minimum absolute atomic E-state index is 0.00361. The first-order valence-corrected chi connectivity index (χ1v) is 8.30. The van der Waals surface area contributed by atoms with Gasteiger partial charge in [-0.15, -0.1) is 0 Å². The number of nitrogens with zero attached hydrogens (tertiary/aromatic N) is 2. The summed E-state index contributed by atoms with van der Waals surface area (Å²) in [5.74, 6) is 0.123. The van der Waals surface area contributed by atoms with Gasteiger partial charge in [0.25, 0.3) is 5.69 Å². The monoisotopic (exact) mass is 319 g/mol. The van der Waals surface area contributed by atoms with Gasteiger partial charge in [0.1, 0.15) is 0 Å². The van der Waals surface area contributed by atoms with Crippen molar-refractivity contribution < 1.29 is 9.72 Å². The molecule has 1 fully saturated rings. The maximum absolute atomic E-state index is 12.2. The first kappa shape index (κ1) is 17.2. The van der Waals surface area contributed by atoms with Crippen molar-refractivity contribution >= 4 is 17.3 Å². The molecule has 1 aromatic carbocycles. The SMILES string of the molecule is CCCCNC(=O)C1CCCN(c2ccc([N+](=O)[O-])c(C)c2)C1. The number of nitrogens with one attached hydrogen (secondary N) is 1. The maximum Gasteiger partial charge on any atom is 0.272 e. The van der Waals surface area contributed by atoms with Gasteiger partial charge in [0.2, 0.25) is 5.91 Å². The minimum atomic E-state index is -0.362. The molecule has 0 bridgehead atoms. The van der Waals surface area contributed by atoms with Gasteiger partial charge < -0.3 is 10.2 Å². The molecule has 23 heavy (non-hydrogen) atoms. The predicted molar refractivity (Wildman–Crippen MR) is 90.7 cm³/mol. The number of carbonyl (C=O) groups is 1. The number of aryl methyl sites for hydroxylation is 1. The van der Waals surface area contributed by atoms with Crippen LogP contribution in [-0.4, -0.2) is 30.5 Å². The van der Waals surface area contributed by atoms with Crippen molar-refractivity contribution in [2.24, 2.45) is 5.92 Å². The molecule has 1 unspecified atom stereocenters. The summed E-state index contributed by atoms with van der Waals surface area (Å²) in [7, 11) is 0. The number of amides is 1. The molecule has 0 spiro atoms. The molecule has 6 nitrogen and oxygen atoms in total. The standard InChI is InChI=1S/C17H25N3O3/c1-3-4-9-18-17(21)14-6-5-10-19(12-14)15-7-8-16(20(22)23)13(2)11-15/h7-8,11,14H,3-6,9-10,12H2,1-2H3,(H,18,21). The number of unbranched alkanes of at least 4 members (excludes halogenated alkanes) is 1. The summed E-state index contributed by atoms with van der Waals surface area (Å²) in [4.78, 5) is 24.9. The highest BCUT2D eigenvalue weighted by molar-refractivity contribution is 5.79. The lowest BCUT2D eigenvalue weighted by molar-refractivity contribution is -0.385. The van der Waals surface area contributed by atoms with Crippen LogP contribution in [0.15, 0.2) is 18.2 Å². The summed E-state index contributed by atoms with van der Waals surface area (Å²) >= 11 is 0. The van der Waals surface area contributed by atoms with Crippen LogP contribution in [0.2, 0.25) is 0 Å². The van der Waals surface area contributed by atoms with Gasteiger partial charge in [0.05, 0.1) is 10.8 Å². The second-order valence-corrected chi connectivity index (χ2v) is 6.16. The van der Waals surface area contributed by atoms with Crippen LogP contribution in [0.1, 0.15) is 38.2 Å². The number of benzene rings is 1. The zero-order chi connectivity index (χ0) is 16.8. The van der Waals surface area contributed by atoms with E-state index in [4.69, 9.17) is 0 Å². The molecular weight excluding hydrogens is 294 g/mol. The number of nitro benzene ring substituents is 1. The van der Waals surface area contributed by atoms with E-state index in [1.807, 2.05) is 6.07 Å². The number of nitro groups is 1. The van der Waals surface area contributed by atoms with Gasteiger partial charge >= 0.3 is 0 Å². The minimum Gasteiger partial charge on any atom is -0.371 e. The van der Waals surface area contributed by atoms with Gasteiger partial charge in [-0.25, -0.2) is 0 Å². The molecule has 1 saturated heterocycles. The fourth-order valence-electron chi connectivity index (χ4n) is 3.00. The summed E-state index contributed by atoms with van der Waals surface area (Å²) in [6, 6.07) is 5.17. The number of hydrogen-bond donors (Lipinski definition) is 1. The average molecular weight is 319 g/mol. The first-order valence-electron chi connectivity index (χ1n) is 8.30. The molecule has 0 saturated carbocycles. The van der Waals surface area contributed by atoms with E-state index in [0.29, 0.717) is 12.1 Å². The van der Waals surface area contributed by atoms with E-state index < -0.39 is 0 Å². The van der Waals surface area contributed by atoms with E-state index in [1.54, 1.807) is 19.1 Å². The fraction of sp³-hybridized carbons (Fsp3) is 0.588. The highest BCUT2D eigenvalue weighted by atomic mass is 16.6. The largest absolute Gasteiger partial charge is 0.371 e. The van der Waals surface area contributed by atoms with Crippen LogP contribution in [0, 0.1) is 23.0 Å². The molecule has 0 radical (unpaired) electrons. The summed E-state index contributed by atoms with van der Waals surface area (Å²) in [6.45, 7) is 6.15. The Bertz CT molecular complexity index is 574. The van der Waals surface area contributed by atoms with E-state index >= 15 is 0 Å². The Labute approximate surface area is 137 Å². The Morgan fingerprint density at radius 2 is 2.26 bits per heavy atom. The van der Waals surface area contributed by atoms with E-state index in [2.05, 4.69) is 17.1 Å². The van der Waals surface area contributed by atoms with Crippen LogP contribution in [0.25, 0.3) is 0 Å². The second-order valence-electron chi connectivity index (χ2n) is 6.16. The van der Waals surface area contributed by atoms with E-state index in [0.717, 1.165) is 44.5 Å². The zero-order valence-corrected chi connectivity index (χ0v) is 13.9. The van der Waals surface area contributed by atoms with Gasteiger partial charge in [-0.1, -0.05) is 13.3 Å². The van der Waals surface area contributed by atoms with Crippen LogP contribution >= 0.6 is 0 Å². The molecular formula is C17H25N3O3. The van der Waals surface area contributed by atoms with E-state index in [-0.39, 0.29) is 22.4 Å². The van der Waals surface area contributed by atoms with Crippen molar-refractivity contribution in [1.82, 2.24) is 5.32 Å². The Balaban J connectivity index is 2.02. The third kappa shape index (κ3) is 4.43. The number of hydrogen-bond acceptors (Lipinski definition) is 4. The molecule has 1 atom stereocenters. The van der Waals surface area contributed by atoms with Crippen LogP contribution in [0.5, 0.6) is 0 Å². The fourth-order valence-corrected chi connectivity index (χ4v) is 3.00. The number of carbonyl (C=O) groups excluding carboxylic acids is 1. The molecule has 1 amide bonds. The number of anilines is 1. The van der Waals surface area contributed by atoms with Crippen molar-refractivity contribution in [3.05, 3.63) is 33.9 Å². The zero-order valence-electron chi connectivity index (χ0n) is 13.9. The summed E-state index contributed by atoms with van der Waals surface area (Å²) in [5.41, 5.74) is 1.75. The van der Waals surface area contributed by atoms with Crippen LogP contribution in [0.4, 0.5) is 11.4 Å². The molecule has 6 heteroatoms. The number of rotatable bonds is 6. The summed E-state index contributed by atoms with van der Waals surface area (Å²) < 4.78 is 0. The van der Waals surface area contributed by atoms with Crippen molar-refractivity contribution in [3.8, 4) is 0 Å². The van der Waals surface area contributed by atoms with Gasteiger partial charge in [0, 0.05) is 37.0 Å². The maximum atomic E-state index is 12.2. The third-order valence-corrected chi connectivity index (χ3v) is 4.36. The lowest BCUT2D eigenvalue weighted by Crippen LogP contribution is -2.43. The average Bonchev–Trinajstić information content (AvgIpc) is 2.54. The molecule has 1 aliphatic heterocycles. The lowest BCUT2D eigenvalue weighted by atomic mass is 9.96. The van der Waals surface area contributed by atoms with Crippen molar-refractivity contribution in [2.45, 2.75) is 39.5 Å². The van der Waals surface area contributed by atoms with Crippen molar-refractivity contribution in [2.75, 3.05) is 24.5 Å². The smallest absolute Gasteiger partial charge is 0.272 e. The highest BCUT2D eigenvalue weighted by Gasteiger charge is 2.26. The van der Waals surface area contributed by atoms with E-state index in [1.165, 1.54) is 0 Å². The Morgan fingerprint density at radius 3 is 2.91 bits per heavy atom. The van der Waals surface area contributed by atoms with Crippen molar-refractivity contribution in [1.29, 1.82) is 0 Å². The van der Waals surface area contributed by atoms with E-state index in [9.17, 15) is 14.9 Å². The number of piperidine rings is 1. The molecule has 1 aromatic rings. The Morgan fingerprint density at radius 1 is 1.48 bits per heavy atom. The highest BCUT2D eigenvalue weighted by Crippen LogP contribution is 2.28. The quantitative estimate of drug-likeness (QED) is 0.497. The molecule has 0 aliphatic carbocycles. The Hall–Kier alpha value is -2.11. The first-order chi connectivity index (χ1) is 11.0. The topological polar surface area (TPSA) is 75.5 Å². The third-order valence-electron chi connectivity index (χ3n) is 4.36. The van der Waals surface area contributed by atoms with Crippen LogP contribution < -0.4 is 10.2 Å². The van der Waals surface area contributed by atoms with Gasteiger partial charge in [0.15, 0.2) is 0 Å². The van der Waals surface area contributed by atoms with Crippen LogP contribution in [0.3, 0.4) is 0 Å². The summed E-state index contributed by atoms with van der Waals surface area (Å²) in [6.07, 6.45) is 3.94.